The zero-order valence-corrected chi connectivity index (χ0v) is 15.0. The monoisotopic (exact) mass is 343 g/mol. The summed E-state index contributed by atoms with van der Waals surface area (Å²) in [5.41, 5.74) is 1.35. The third-order valence-corrected chi connectivity index (χ3v) is 6.10. The van der Waals surface area contributed by atoms with Crippen LogP contribution in [-0.4, -0.2) is 49.3 Å². The number of hydrogen-bond donors (Lipinski definition) is 2. The first-order valence-electron chi connectivity index (χ1n) is 9.65. The summed E-state index contributed by atoms with van der Waals surface area (Å²) in [7, 11) is 2.19. The Morgan fingerprint density at radius 3 is 2.80 bits per heavy atom. The van der Waals surface area contributed by atoms with Crippen LogP contribution in [0.3, 0.4) is 0 Å². The normalized spacial score (nSPS) is 34.8. The Morgan fingerprint density at radius 1 is 1.24 bits per heavy atom. The average molecular weight is 343 g/mol. The molecule has 5 heteroatoms. The largest absolute Gasteiger partial charge is 0.373 e. The Kier molecular flexibility index (Phi) is 4.95. The molecular formula is C20H29N3O2. The highest BCUT2D eigenvalue weighted by molar-refractivity contribution is 5.74. The fourth-order valence-electron chi connectivity index (χ4n) is 4.88. The predicted molar refractivity (Wildman–Crippen MR) is 97.4 cm³/mol. The van der Waals surface area contributed by atoms with E-state index in [0.29, 0.717) is 18.1 Å². The maximum absolute atomic E-state index is 12.4. The molecule has 2 N–H and O–H groups in total. The van der Waals surface area contributed by atoms with Crippen LogP contribution in [0.2, 0.25) is 0 Å². The van der Waals surface area contributed by atoms with E-state index >= 15 is 0 Å². The summed E-state index contributed by atoms with van der Waals surface area (Å²) in [5, 5.41) is 6.25. The molecule has 3 aliphatic rings. The van der Waals surface area contributed by atoms with Gasteiger partial charge in [-0.3, -0.25) is 4.90 Å². The molecule has 0 spiro atoms. The molecule has 3 aliphatic heterocycles. The Balaban J connectivity index is 1.33. The molecule has 2 amide bonds. The first kappa shape index (κ1) is 16.9. The number of nitrogens with one attached hydrogen (secondary N) is 2. The van der Waals surface area contributed by atoms with Crippen LogP contribution in [0.5, 0.6) is 0 Å². The minimum Gasteiger partial charge on any atom is -0.373 e. The number of nitrogens with zero attached hydrogens (tertiary/aromatic N) is 1. The Labute approximate surface area is 150 Å². The molecule has 4 rings (SSSR count). The zero-order valence-electron chi connectivity index (χ0n) is 15.0. The lowest BCUT2D eigenvalue weighted by Crippen LogP contribution is -2.49. The van der Waals surface area contributed by atoms with Gasteiger partial charge in [-0.1, -0.05) is 30.3 Å². The predicted octanol–water partition coefficient (Wildman–Crippen LogP) is 2.69. The number of likely N-dealkylation sites (tertiary alicyclic amines) is 1. The topological polar surface area (TPSA) is 53.6 Å². The summed E-state index contributed by atoms with van der Waals surface area (Å²) in [6.07, 6.45) is 6.14. The number of urea groups is 1. The smallest absolute Gasteiger partial charge is 0.315 e. The summed E-state index contributed by atoms with van der Waals surface area (Å²) in [4.78, 5) is 14.8. The SMILES string of the molecule is CN1CCC[C@H](CNC(=O)N[C@H]2C[C@H]3CC[C@H]2O3)[C@H]1c1ccccc1. The van der Waals surface area contributed by atoms with Crippen molar-refractivity contribution in [3.63, 3.8) is 0 Å². The molecule has 25 heavy (non-hydrogen) atoms. The van der Waals surface area contributed by atoms with Gasteiger partial charge in [-0.25, -0.2) is 4.79 Å². The molecule has 0 aromatic heterocycles. The van der Waals surface area contributed by atoms with Crippen LogP contribution in [0.1, 0.15) is 43.7 Å². The number of ether oxygens (including phenoxy) is 1. The van der Waals surface area contributed by atoms with Gasteiger partial charge in [0.1, 0.15) is 0 Å². The van der Waals surface area contributed by atoms with E-state index in [1.54, 1.807) is 0 Å². The van der Waals surface area contributed by atoms with Crippen molar-refractivity contribution < 1.29 is 9.53 Å². The fraction of sp³-hybridized carbons (Fsp3) is 0.650. The Morgan fingerprint density at radius 2 is 2.08 bits per heavy atom. The van der Waals surface area contributed by atoms with E-state index in [4.69, 9.17) is 4.74 Å². The van der Waals surface area contributed by atoms with Crippen LogP contribution in [0.4, 0.5) is 4.79 Å². The second kappa shape index (κ2) is 7.34. The van der Waals surface area contributed by atoms with Crippen LogP contribution < -0.4 is 10.6 Å². The number of benzene rings is 1. The van der Waals surface area contributed by atoms with Gasteiger partial charge in [0, 0.05) is 12.6 Å². The van der Waals surface area contributed by atoms with Gasteiger partial charge >= 0.3 is 6.03 Å². The highest BCUT2D eigenvalue weighted by atomic mass is 16.5. The van der Waals surface area contributed by atoms with E-state index in [1.165, 1.54) is 12.0 Å². The van der Waals surface area contributed by atoms with Crippen molar-refractivity contribution in [2.24, 2.45) is 5.92 Å². The first-order chi connectivity index (χ1) is 12.2. The fourth-order valence-corrected chi connectivity index (χ4v) is 4.88. The Hall–Kier alpha value is -1.59. The van der Waals surface area contributed by atoms with Gasteiger partial charge < -0.3 is 15.4 Å². The lowest BCUT2D eigenvalue weighted by Gasteiger charge is -2.39. The van der Waals surface area contributed by atoms with Crippen LogP contribution in [0, 0.1) is 5.92 Å². The van der Waals surface area contributed by atoms with E-state index < -0.39 is 0 Å². The lowest BCUT2D eigenvalue weighted by atomic mass is 9.85. The maximum Gasteiger partial charge on any atom is 0.315 e. The van der Waals surface area contributed by atoms with Crippen LogP contribution in [0.15, 0.2) is 30.3 Å². The van der Waals surface area contributed by atoms with Crippen LogP contribution >= 0.6 is 0 Å². The molecule has 2 bridgehead atoms. The van der Waals surface area contributed by atoms with Crippen molar-refractivity contribution in [2.75, 3.05) is 20.1 Å². The van der Waals surface area contributed by atoms with Crippen molar-refractivity contribution >= 4 is 6.03 Å². The van der Waals surface area contributed by atoms with E-state index in [0.717, 1.165) is 38.8 Å². The number of carbonyl (C=O) groups is 1. The molecule has 3 saturated heterocycles. The molecule has 1 aromatic carbocycles. The number of fused-ring (bicyclic) bond motifs is 2. The molecule has 5 atom stereocenters. The summed E-state index contributed by atoms with van der Waals surface area (Å²) in [6, 6.07) is 11.2. The molecule has 0 saturated carbocycles. The molecule has 1 aromatic rings. The summed E-state index contributed by atoms with van der Waals surface area (Å²) in [5.74, 6) is 0.447. The van der Waals surface area contributed by atoms with Gasteiger partial charge in [-0.15, -0.1) is 0 Å². The highest BCUT2D eigenvalue weighted by Crippen LogP contribution is 2.35. The van der Waals surface area contributed by atoms with Crippen molar-refractivity contribution in [1.82, 2.24) is 15.5 Å². The third-order valence-electron chi connectivity index (χ3n) is 6.10. The third kappa shape index (κ3) is 3.67. The zero-order chi connectivity index (χ0) is 17.2. The minimum atomic E-state index is -0.0406. The number of amides is 2. The van der Waals surface area contributed by atoms with Crippen LogP contribution in [-0.2, 0) is 4.74 Å². The summed E-state index contributed by atoms with van der Waals surface area (Å²) < 4.78 is 5.82. The number of piperidine rings is 1. The summed E-state index contributed by atoms with van der Waals surface area (Å²) >= 11 is 0. The molecule has 5 nitrogen and oxygen atoms in total. The molecule has 3 fully saturated rings. The number of hydrogen-bond acceptors (Lipinski definition) is 3. The quantitative estimate of drug-likeness (QED) is 0.884. The van der Waals surface area contributed by atoms with E-state index in [9.17, 15) is 4.79 Å². The van der Waals surface area contributed by atoms with Crippen LogP contribution in [0.25, 0.3) is 0 Å². The molecule has 136 valence electrons. The van der Waals surface area contributed by atoms with Gasteiger partial charge in [-0.2, -0.15) is 0 Å². The standard InChI is InChI=1S/C20H29N3O2/c1-23-11-5-8-15(19(23)14-6-3-2-4-7-14)13-21-20(24)22-17-12-16-9-10-18(17)25-16/h2-4,6-7,15-19H,5,8-13H2,1H3,(H2,21,22,24)/t15-,16-,17+,18-,19-/m1/s1. The van der Waals surface area contributed by atoms with Gasteiger partial charge in [0.05, 0.1) is 18.2 Å². The van der Waals surface area contributed by atoms with Gasteiger partial charge in [0.25, 0.3) is 0 Å². The first-order valence-corrected chi connectivity index (χ1v) is 9.65. The molecule has 0 radical (unpaired) electrons. The van der Waals surface area contributed by atoms with Crippen molar-refractivity contribution in [2.45, 2.75) is 56.4 Å². The van der Waals surface area contributed by atoms with Crippen molar-refractivity contribution in [3.8, 4) is 0 Å². The van der Waals surface area contributed by atoms with Gasteiger partial charge in [-0.05, 0) is 57.2 Å². The van der Waals surface area contributed by atoms with Gasteiger partial charge in [0.15, 0.2) is 0 Å². The lowest BCUT2D eigenvalue weighted by molar-refractivity contribution is 0.0977. The molecule has 0 aliphatic carbocycles. The minimum absolute atomic E-state index is 0.0406. The van der Waals surface area contributed by atoms with Crippen molar-refractivity contribution in [3.05, 3.63) is 35.9 Å². The molecule has 0 unspecified atom stereocenters. The van der Waals surface area contributed by atoms with E-state index in [2.05, 4.69) is 52.9 Å². The second-order valence-corrected chi connectivity index (χ2v) is 7.81. The van der Waals surface area contributed by atoms with Gasteiger partial charge in [0.2, 0.25) is 0 Å². The number of rotatable bonds is 4. The van der Waals surface area contributed by atoms with Crippen molar-refractivity contribution in [1.29, 1.82) is 0 Å². The maximum atomic E-state index is 12.4. The second-order valence-electron chi connectivity index (χ2n) is 7.81. The van der Waals surface area contributed by atoms with E-state index in [-0.39, 0.29) is 18.2 Å². The molecular weight excluding hydrogens is 314 g/mol. The molecule has 3 heterocycles. The summed E-state index contributed by atoms with van der Waals surface area (Å²) in [6.45, 7) is 1.84. The highest BCUT2D eigenvalue weighted by Gasteiger charge is 2.41. The van der Waals surface area contributed by atoms with E-state index in [1.807, 2.05) is 0 Å². The average Bonchev–Trinajstić information content (AvgIpc) is 3.24. The Bertz CT molecular complexity index is 594. The number of carbonyl (C=O) groups excluding carboxylic acids is 1.